The standard InChI is InChI=1S/C17H23NO4/c1-4-9-22-14-8-6-5-7-13(14)12-18-15(19)10-17(2,3)11-16(20)21/h4-8H,1,9-12H2,2-3H3,(H,18,19)(H,20,21). The van der Waals surface area contributed by atoms with Gasteiger partial charge in [-0.3, -0.25) is 9.59 Å². The molecule has 5 nitrogen and oxygen atoms in total. The molecule has 0 atom stereocenters. The Morgan fingerprint density at radius 2 is 2.00 bits per heavy atom. The fourth-order valence-electron chi connectivity index (χ4n) is 2.10. The van der Waals surface area contributed by atoms with Crippen molar-refractivity contribution in [2.75, 3.05) is 6.61 Å². The molecule has 0 aliphatic heterocycles. The van der Waals surface area contributed by atoms with E-state index in [1.54, 1.807) is 19.9 Å². The molecule has 0 saturated heterocycles. The average Bonchev–Trinajstić information content (AvgIpc) is 2.41. The Morgan fingerprint density at radius 3 is 2.64 bits per heavy atom. The highest BCUT2D eigenvalue weighted by Crippen LogP contribution is 2.25. The fraction of sp³-hybridized carbons (Fsp3) is 0.412. The van der Waals surface area contributed by atoms with Crippen molar-refractivity contribution in [3.63, 3.8) is 0 Å². The van der Waals surface area contributed by atoms with Crippen LogP contribution in [0.5, 0.6) is 5.75 Å². The van der Waals surface area contributed by atoms with Gasteiger partial charge in [-0.05, 0) is 11.5 Å². The number of nitrogens with one attached hydrogen (secondary N) is 1. The lowest BCUT2D eigenvalue weighted by atomic mass is 9.85. The number of carboxylic acids is 1. The SMILES string of the molecule is C=CCOc1ccccc1CNC(=O)CC(C)(C)CC(=O)O. The number of hydrogen-bond donors (Lipinski definition) is 2. The van der Waals surface area contributed by atoms with Gasteiger partial charge in [0.1, 0.15) is 12.4 Å². The monoisotopic (exact) mass is 305 g/mol. The summed E-state index contributed by atoms with van der Waals surface area (Å²) in [5, 5.41) is 11.6. The maximum Gasteiger partial charge on any atom is 0.303 e. The van der Waals surface area contributed by atoms with Gasteiger partial charge in [-0.2, -0.15) is 0 Å². The van der Waals surface area contributed by atoms with Crippen LogP contribution in [0.2, 0.25) is 0 Å². The van der Waals surface area contributed by atoms with Gasteiger partial charge in [-0.1, -0.05) is 44.7 Å². The van der Waals surface area contributed by atoms with Crippen molar-refractivity contribution in [3.05, 3.63) is 42.5 Å². The maximum absolute atomic E-state index is 12.0. The topological polar surface area (TPSA) is 75.6 Å². The highest BCUT2D eigenvalue weighted by molar-refractivity contribution is 5.78. The number of carbonyl (C=O) groups excluding carboxylic acids is 1. The van der Waals surface area contributed by atoms with Gasteiger partial charge in [0.2, 0.25) is 5.91 Å². The van der Waals surface area contributed by atoms with Gasteiger partial charge in [-0.15, -0.1) is 0 Å². The zero-order valence-electron chi connectivity index (χ0n) is 13.1. The summed E-state index contributed by atoms with van der Waals surface area (Å²) < 4.78 is 5.53. The molecule has 0 aromatic heterocycles. The molecule has 0 unspecified atom stereocenters. The molecule has 0 heterocycles. The van der Waals surface area contributed by atoms with E-state index in [1.807, 2.05) is 24.3 Å². The maximum atomic E-state index is 12.0. The molecule has 1 amide bonds. The van der Waals surface area contributed by atoms with Gasteiger partial charge >= 0.3 is 5.97 Å². The number of hydrogen-bond acceptors (Lipinski definition) is 3. The number of carbonyl (C=O) groups is 2. The third kappa shape index (κ3) is 6.43. The quantitative estimate of drug-likeness (QED) is 0.688. The van der Waals surface area contributed by atoms with Crippen molar-refractivity contribution in [1.82, 2.24) is 5.32 Å². The zero-order valence-corrected chi connectivity index (χ0v) is 13.1. The lowest BCUT2D eigenvalue weighted by Gasteiger charge is -2.21. The van der Waals surface area contributed by atoms with Gasteiger partial charge < -0.3 is 15.2 Å². The molecule has 0 radical (unpaired) electrons. The normalized spacial score (nSPS) is 10.8. The van der Waals surface area contributed by atoms with Gasteiger partial charge in [0.25, 0.3) is 0 Å². The van der Waals surface area contributed by atoms with Crippen molar-refractivity contribution < 1.29 is 19.4 Å². The van der Waals surface area contributed by atoms with Crippen LogP contribution >= 0.6 is 0 Å². The Labute approximate surface area is 131 Å². The predicted octanol–water partition coefficient (Wildman–Crippen LogP) is 2.76. The molecule has 1 aromatic carbocycles. The van der Waals surface area contributed by atoms with E-state index < -0.39 is 11.4 Å². The molecule has 1 aromatic rings. The number of benzene rings is 1. The summed E-state index contributed by atoms with van der Waals surface area (Å²) in [6, 6.07) is 7.44. The van der Waals surface area contributed by atoms with E-state index >= 15 is 0 Å². The first kappa shape index (κ1) is 17.8. The second-order valence-corrected chi connectivity index (χ2v) is 5.90. The Hall–Kier alpha value is -2.30. The first-order valence-electron chi connectivity index (χ1n) is 7.14. The number of carboxylic acid groups (broad SMARTS) is 1. The van der Waals surface area contributed by atoms with Crippen molar-refractivity contribution in [2.45, 2.75) is 33.2 Å². The van der Waals surface area contributed by atoms with E-state index in [1.165, 1.54) is 0 Å². The molecule has 0 spiro atoms. The third-order valence-corrected chi connectivity index (χ3v) is 3.07. The Bertz CT molecular complexity index is 537. The minimum atomic E-state index is -0.902. The lowest BCUT2D eigenvalue weighted by molar-refractivity contribution is -0.139. The smallest absolute Gasteiger partial charge is 0.303 e. The molecular formula is C17H23NO4. The van der Waals surface area contributed by atoms with Crippen LogP contribution in [0.15, 0.2) is 36.9 Å². The highest BCUT2D eigenvalue weighted by Gasteiger charge is 2.25. The summed E-state index contributed by atoms with van der Waals surface area (Å²) in [6.07, 6.45) is 1.78. The molecular weight excluding hydrogens is 282 g/mol. The van der Waals surface area contributed by atoms with E-state index in [0.717, 1.165) is 5.56 Å². The van der Waals surface area contributed by atoms with Crippen molar-refractivity contribution in [1.29, 1.82) is 0 Å². The fourth-order valence-corrected chi connectivity index (χ4v) is 2.10. The molecule has 0 fully saturated rings. The molecule has 0 saturated carbocycles. The molecule has 22 heavy (non-hydrogen) atoms. The van der Waals surface area contributed by atoms with Crippen LogP contribution in [-0.2, 0) is 16.1 Å². The second-order valence-electron chi connectivity index (χ2n) is 5.90. The second kappa shape index (κ2) is 8.22. The molecule has 5 heteroatoms. The number of amides is 1. The van der Waals surface area contributed by atoms with Gasteiger partial charge in [-0.25, -0.2) is 0 Å². The number of para-hydroxylation sites is 1. The van der Waals surface area contributed by atoms with Crippen LogP contribution in [0.1, 0.15) is 32.3 Å². The van der Waals surface area contributed by atoms with Crippen molar-refractivity contribution in [3.8, 4) is 5.75 Å². The van der Waals surface area contributed by atoms with Crippen LogP contribution in [0, 0.1) is 5.41 Å². The van der Waals surface area contributed by atoms with E-state index in [4.69, 9.17) is 9.84 Å². The first-order chi connectivity index (χ1) is 10.3. The summed E-state index contributed by atoms with van der Waals surface area (Å²) in [7, 11) is 0. The summed E-state index contributed by atoms with van der Waals surface area (Å²) >= 11 is 0. The highest BCUT2D eigenvalue weighted by atomic mass is 16.5. The average molecular weight is 305 g/mol. The molecule has 0 aliphatic rings. The Kier molecular flexibility index (Phi) is 6.63. The van der Waals surface area contributed by atoms with Crippen LogP contribution < -0.4 is 10.1 Å². The molecule has 0 bridgehead atoms. The molecule has 2 N–H and O–H groups in total. The van der Waals surface area contributed by atoms with Crippen LogP contribution in [0.4, 0.5) is 0 Å². The Morgan fingerprint density at radius 1 is 1.32 bits per heavy atom. The van der Waals surface area contributed by atoms with Crippen LogP contribution in [0.25, 0.3) is 0 Å². The predicted molar refractivity (Wildman–Crippen MR) is 84.6 cm³/mol. The number of ether oxygens (including phenoxy) is 1. The molecule has 0 aliphatic carbocycles. The van der Waals surface area contributed by atoms with Crippen molar-refractivity contribution in [2.24, 2.45) is 5.41 Å². The third-order valence-electron chi connectivity index (χ3n) is 3.07. The lowest BCUT2D eigenvalue weighted by Crippen LogP contribution is -2.29. The van der Waals surface area contributed by atoms with Crippen molar-refractivity contribution >= 4 is 11.9 Å². The summed E-state index contributed by atoms with van der Waals surface area (Å²) in [4.78, 5) is 22.7. The van der Waals surface area contributed by atoms with Crippen LogP contribution in [-0.4, -0.2) is 23.6 Å². The largest absolute Gasteiger partial charge is 0.489 e. The molecule has 120 valence electrons. The van der Waals surface area contributed by atoms with Gasteiger partial charge in [0.05, 0.1) is 6.42 Å². The number of aliphatic carboxylic acids is 1. The minimum absolute atomic E-state index is 0.0422. The van der Waals surface area contributed by atoms with E-state index in [-0.39, 0.29) is 18.7 Å². The van der Waals surface area contributed by atoms with Crippen LogP contribution in [0.3, 0.4) is 0 Å². The summed E-state index contributed by atoms with van der Waals surface area (Å²) in [6.45, 7) is 7.87. The number of rotatable bonds is 9. The Balaban J connectivity index is 2.57. The first-order valence-corrected chi connectivity index (χ1v) is 7.14. The van der Waals surface area contributed by atoms with Gasteiger partial charge in [0, 0.05) is 18.5 Å². The summed E-state index contributed by atoms with van der Waals surface area (Å²) in [5.41, 5.74) is 0.295. The van der Waals surface area contributed by atoms with Gasteiger partial charge in [0.15, 0.2) is 0 Å². The molecule has 1 rings (SSSR count). The minimum Gasteiger partial charge on any atom is -0.489 e. The summed E-state index contributed by atoms with van der Waals surface area (Å²) in [5.74, 6) is -0.377. The van der Waals surface area contributed by atoms with E-state index in [2.05, 4.69) is 11.9 Å². The zero-order chi connectivity index (χ0) is 16.6. The van der Waals surface area contributed by atoms with E-state index in [0.29, 0.717) is 18.9 Å². The van der Waals surface area contributed by atoms with E-state index in [9.17, 15) is 9.59 Å².